The summed E-state index contributed by atoms with van der Waals surface area (Å²) in [6, 6.07) is 8.99. The fraction of sp³-hybridized carbons (Fsp3) is 0.625. The molecule has 1 aliphatic rings. The second kappa shape index (κ2) is 6.91. The maximum Gasteiger partial charge on any atom is 0.0576 e. The summed E-state index contributed by atoms with van der Waals surface area (Å²) in [4.78, 5) is 0. The van der Waals surface area contributed by atoms with Crippen LogP contribution in [-0.4, -0.2) is 18.8 Å². The minimum Gasteiger partial charge on any atom is -0.378 e. The zero-order chi connectivity index (χ0) is 12.8. The van der Waals surface area contributed by atoms with Gasteiger partial charge in [-0.2, -0.15) is 0 Å². The molecule has 1 aromatic rings. The van der Waals surface area contributed by atoms with E-state index >= 15 is 0 Å². The van der Waals surface area contributed by atoms with E-state index in [-0.39, 0.29) is 6.04 Å². The molecule has 2 N–H and O–H groups in total. The van der Waals surface area contributed by atoms with Crippen molar-refractivity contribution < 1.29 is 4.74 Å². The smallest absolute Gasteiger partial charge is 0.0576 e. The van der Waals surface area contributed by atoms with Gasteiger partial charge in [-0.15, -0.1) is 0 Å². The van der Waals surface area contributed by atoms with E-state index in [0.29, 0.717) is 6.10 Å². The number of nitrogens with two attached hydrogens (primary N) is 1. The molecule has 0 saturated carbocycles. The number of ether oxygens (including phenoxy) is 1. The Hall–Kier alpha value is -0.860. The van der Waals surface area contributed by atoms with Gasteiger partial charge < -0.3 is 10.5 Å². The lowest BCUT2D eigenvalue weighted by atomic mass is 9.99. The largest absolute Gasteiger partial charge is 0.378 e. The molecule has 1 aromatic carbocycles. The lowest BCUT2D eigenvalue weighted by Crippen LogP contribution is -2.23. The average Bonchev–Trinajstić information content (AvgIpc) is 2.85. The van der Waals surface area contributed by atoms with Crippen molar-refractivity contribution in [2.24, 2.45) is 5.73 Å². The predicted octanol–water partition coefficient (Wildman–Crippen LogP) is 3.21. The zero-order valence-electron chi connectivity index (χ0n) is 11.4. The van der Waals surface area contributed by atoms with Gasteiger partial charge in [0.15, 0.2) is 0 Å². The van der Waals surface area contributed by atoms with Crippen LogP contribution in [0, 0.1) is 6.92 Å². The van der Waals surface area contributed by atoms with Crippen LogP contribution in [0.25, 0.3) is 0 Å². The molecular formula is C16H25NO. The molecule has 2 nitrogen and oxygen atoms in total. The molecule has 0 amide bonds. The number of benzene rings is 1. The highest BCUT2D eigenvalue weighted by molar-refractivity contribution is 5.21. The van der Waals surface area contributed by atoms with Crippen molar-refractivity contribution in [3.05, 3.63) is 35.4 Å². The molecule has 0 bridgehead atoms. The van der Waals surface area contributed by atoms with Crippen LogP contribution >= 0.6 is 0 Å². The third kappa shape index (κ3) is 4.43. The van der Waals surface area contributed by atoms with Crippen LogP contribution in [0.4, 0.5) is 0 Å². The first-order valence-corrected chi connectivity index (χ1v) is 7.17. The van der Waals surface area contributed by atoms with Gasteiger partial charge in [0.1, 0.15) is 0 Å². The van der Waals surface area contributed by atoms with E-state index in [1.165, 1.54) is 36.8 Å². The molecule has 2 rings (SSSR count). The topological polar surface area (TPSA) is 35.2 Å². The Kier molecular flexibility index (Phi) is 5.21. The Labute approximate surface area is 111 Å². The molecule has 0 aromatic heterocycles. The molecule has 0 aliphatic carbocycles. The van der Waals surface area contributed by atoms with Crippen molar-refractivity contribution >= 4 is 0 Å². The third-order valence-electron chi connectivity index (χ3n) is 3.74. The first-order valence-electron chi connectivity index (χ1n) is 7.17. The third-order valence-corrected chi connectivity index (χ3v) is 3.74. The lowest BCUT2D eigenvalue weighted by molar-refractivity contribution is 0.101. The van der Waals surface area contributed by atoms with Crippen molar-refractivity contribution in [3.8, 4) is 0 Å². The zero-order valence-corrected chi connectivity index (χ0v) is 11.4. The van der Waals surface area contributed by atoms with Crippen molar-refractivity contribution in [2.45, 2.75) is 57.6 Å². The lowest BCUT2D eigenvalue weighted by Gasteiger charge is -2.13. The summed E-state index contributed by atoms with van der Waals surface area (Å²) in [6.45, 7) is 3.07. The average molecular weight is 247 g/mol. The van der Waals surface area contributed by atoms with Gasteiger partial charge in [-0.05, 0) is 51.0 Å². The van der Waals surface area contributed by atoms with Crippen LogP contribution in [0.3, 0.4) is 0 Å². The minimum absolute atomic E-state index is 0.286. The second-order valence-corrected chi connectivity index (χ2v) is 5.52. The molecule has 1 aliphatic heterocycles. The Balaban J connectivity index is 1.65. The molecule has 0 spiro atoms. The quantitative estimate of drug-likeness (QED) is 0.837. The van der Waals surface area contributed by atoms with E-state index in [1.54, 1.807) is 0 Å². The highest BCUT2D eigenvalue weighted by Crippen LogP contribution is 2.18. The first-order chi connectivity index (χ1) is 8.74. The summed E-state index contributed by atoms with van der Waals surface area (Å²) < 4.78 is 5.63. The second-order valence-electron chi connectivity index (χ2n) is 5.52. The van der Waals surface area contributed by atoms with Crippen molar-refractivity contribution in [1.29, 1.82) is 0 Å². The van der Waals surface area contributed by atoms with Crippen LogP contribution in [0.2, 0.25) is 0 Å². The van der Waals surface area contributed by atoms with Crippen molar-refractivity contribution in [3.63, 3.8) is 0 Å². The molecule has 2 unspecified atom stereocenters. The minimum atomic E-state index is 0.286. The number of hydrogen-bond acceptors (Lipinski definition) is 2. The summed E-state index contributed by atoms with van der Waals surface area (Å²) in [5.74, 6) is 0. The van der Waals surface area contributed by atoms with Crippen molar-refractivity contribution in [2.75, 3.05) is 6.61 Å². The van der Waals surface area contributed by atoms with Crippen LogP contribution in [0.1, 0.15) is 43.2 Å². The summed E-state index contributed by atoms with van der Waals surface area (Å²) in [5, 5.41) is 0. The van der Waals surface area contributed by atoms with Gasteiger partial charge in [0.05, 0.1) is 6.10 Å². The summed E-state index contributed by atoms with van der Waals surface area (Å²) in [7, 11) is 0. The molecule has 1 saturated heterocycles. The first kappa shape index (κ1) is 13.6. The molecule has 2 atom stereocenters. The van der Waals surface area contributed by atoms with Crippen LogP contribution in [-0.2, 0) is 11.2 Å². The number of hydrogen-bond donors (Lipinski definition) is 1. The summed E-state index contributed by atoms with van der Waals surface area (Å²) >= 11 is 0. The fourth-order valence-corrected chi connectivity index (χ4v) is 2.61. The van der Waals surface area contributed by atoms with Gasteiger partial charge >= 0.3 is 0 Å². The highest BCUT2D eigenvalue weighted by atomic mass is 16.5. The summed E-state index contributed by atoms with van der Waals surface area (Å²) in [6.07, 6.45) is 7.46. The molecule has 2 heteroatoms. The van der Waals surface area contributed by atoms with E-state index in [9.17, 15) is 0 Å². The molecule has 18 heavy (non-hydrogen) atoms. The molecule has 100 valence electrons. The fourth-order valence-electron chi connectivity index (χ4n) is 2.61. The maximum atomic E-state index is 6.19. The number of rotatable bonds is 6. The van der Waals surface area contributed by atoms with E-state index in [4.69, 9.17) is 10.5 Å². The van der Waals surface area contributed by atoms with Gasteiger partial charge in [-0.25, -0.2) is 0 Å². The van der Waals surface area contributed by atoms with E-state index in [0.717, 1.165) is 19.4 Å². The molecular weight excluding hydrogens is 222 g/mol. The van der Waals surface area contributed by atoms with Gasteiger partial charge in [0.2, 0.25) is 0 Å². The Bertz CT molecular complexity index is 341. The van der Waals surface area contributed by atoms with Crippen LogP contribution < -0.4 is 5.73 Å². The number of aryl methyl sites for hydroxylation is 1. The van der Waals surface area contributed by atoms with E-state index in [2.05, 4.69) is 31.2 Å². The van der Waals surface area contributed by atoms with Crippen LogP contribution in [0.15, 0.2) is 24.3 Å². The Morgan fingerprint density at radius 2 is 2.11 bits per heavy atom. The van der Waals surface area contributed by atoms with Crippen LogP contribution in [0.5, 0.6) is 0 Å². The van der Waals surface area contributed by atoms with Gasteiger partial charge in [0.25, 0.3) is 0 Å². The Morgan fingerprint density at radius 1 is 1.33 bits per heavy atom. The molecule has 1 fully saturated rings. The maximum absolute atomic E-state index is 6.19. The molecule has 1 heterocycles. The van der Waals surface area contributed by atoms with E-state index < -0.39 is 0 Å². The Morgan fingerprint density at radius 3 is 2.78 bits per heavy atom. The monoisotopic (exact) mass is 247 g/mol. The predicted molar refractivity (Wildman–Crippen MR) is 75.7 cm³/mol. The normalized spacial score (nSPS) is 21.1. The van der Waals surface area contributed by atoms with E-state index in [1.807, 2.05) is 0 Å². The summed E-state index contributed by atoms with van der Waals surface area (Å²) in [5.41, 5.74) is 8.85. The van der Waals surface area contributed by atoms with Gasteiger partial charge in [-0.3, -0.25) is 0 Å². The standard InChI is InChI=1S/C16H25NO/c1-13-7-9-14(10-8-13)12-15(17)4-2-5-16-6-3-11-18-16/h7-10,15-16H,2-6,11-12,17H2,1H3. The van der Waals surface area contributed by atoms with Gasteiger partial charge in [-0.1, -0.05) is 29.8 Å². The molecule has 0 radical (unpaired) electrons. The van der Waals surface area contributed by atoms with Crippen molar-refractivity contribution in [1.82, 2.24) is 0 Å². The SMILES string of the molecule is Cc1ccc(CC(N)CCCC2CCCO2)cc1. The van der Waals surface area contributed by atoms with Gasteiger partial charge in [0, 0.05) is 12.6 Å². The highest BCUT2D eigenvalue weighted by Gasteiger charge is 2.15.